The van der Waals surface area contributed by atoms with Gasteiger partial charge in [0, 0.05) is 25.2 Å². The molecule has 0 aliphatic heterocycles. The maximum atomic E-state index is 13.4. The number of hydrogen-bond acceptors (Lipinski definition) is 2. The van der Waals surface area contributed by atoms with Crippen LogP contribution in [0.5, 0.6) is 0 Å². The van der Waals surface area contributed by atoms with Gasteiger partial charge in [-0.1, -0.05) is 32.9 Å². The van der Waals surface area contributed by atoms with Crippen LogP contribution in [0.3, 0.4) is 0 Å². The van der Waals surface area contributed by atoms with Gasteiger partial charge in [-0.2, -0.15) is 0 Å². The van der Waals surface area contributed by atoms with Gasteiger partial charge in [0.2, 0.25) is 0 Å². The molecule has 1 aliphatic carbocycles. The molecule has 1 N–H and O–H groups in total. The third-order valence-corrected chi connectivity index (χ3v) is 4.07. The molecule has 0 aromatic heterocycles. The fourth-order valence-electron chi connectivity index (χ4n) is 2.98. The van der Waals surface area contributed by atoms with Crippen LogP contribution in [0.4, 0.5) is 4.39 Å². The molecule has 0 heterocycles. The van der Waals surface area contributed by atoms with Crippen LogP contribution in [0.1, 0.15) is 51.6 Å². The van der Waals surface area contributed by atoms with Crippen LogP contribution < -0.4 is 5.32 Å². The molecule has 0 bridgehead atoms. The van der Waals surface area contributed by atoms with E-state index in [1.807, 2.05) is 12.1 Å². The maximum Gasteiger partial charge on any atom is 0.123 e. The lowest BCUT2D eigenvalue weighted by atomic mass is 10.0. The van der Waals surface area contributed by atoms with Gasteiger partial charge < -0.3 is 10.2 Å². The van der Waals surface area contributed by atoms with E-state index in [1.54, 1.807) is 6.07 Å². The molecular formula is C18H29FN2. The molecule has 0 saturated heterocycles. The predicted molar refractivity (Wildman–Crippen MR) is 86.9 cm³/mol. The standard InChI is InChI=1S/C18H29FN2/c1-4-20-18(15-6-5-7-16(19)12-15)10-11-21(13-14(2)3)17-8-9-17/h5-7,12,14,17-18,20H,4,8-11,13H2,1-3H3. The van der Waals surface area contributed by atoms with Gasteiger partial charge in [0.25, 0.3) is 0 Å². The van der Waals surface area contributed by atoms with Gasteiger partial charge in [-0.05, 0) is 49.4 Å². The summed E-state index contributed by atoms with van der Waals surface area (Å²) < 4.78 is 13.4. The molecular weight excluding hydrogens is 263 g/mol. The quantitative estimate of drug-likeness (QED) is 0.740. The molecule has 21 heavy (non-hydrogen) atoms. The van der Waals surface area contributed by atoms with Crippen molar-refractivity contribution in [1.82, 2.24) is 10.2 Å². The first kappa shape index (κ1) is 16.4. The van der Waals surface area contributed by atoms with Crippen molar-refractivity contribution >= 4 is 0 Å². The van der Waals surface area contributed by atoms with Crippen LogP contribution in [0.25, 0.3) is 0 Å². The van der Waals surface area contributed by atoms with E-state index in [0.717, 1.165) is 31.1 Å². The molecule has 1 aromatic rings. The molecule has 1 saturated carbocycles. The zero-order valence-corrected chi connectivity index (χ0v) is 13.6. The number of nitrogens with one attached hydrogen (secondary N) is 1. The van der Waals surface area contributed by atoms with Gasteiger partial charge in [0.05, 0.1) is 0 Å². The third-order valence-electron chi connectivity index (χ3n) is 4.07. The smallest absolute Gasteiger partial charge is 0.123 e. The van der Waals surface area contributed by atoms with Crippen LogP contribution in [0.2, 0.25) is 0 Å². The second kappa shape index (κ2) is 7.90. The molecule has 2 nitrogen and oxygen atoms in total. The van der Waals surface area contributed by atoms with Crippen molar-refractivity contribution in [2.24, 2.45) is 5.92 Å². The van der Waals surface area contributed by atoms with Crippen molar-refractivity contribution in [3.8, 4) is 0 Å². The van der Waals surface area contributed by atoms with Gasteiger partial charge in [0.1, 0.15) is 5.82 Å². The maximum absolute atomic E-state index is 13.4. The zero-order chi connectivity index (χ0) is 15.2. The van der Waals surface area contributed by atoms with Gasteiger partial charge in [-0.15, -0.1) is 0 Å². The molecule has 3 heteroatoms. The Morgan fingerprint density at radius 3 is 2.67 bits per heavy atom. The third kappa shape index (κ3) is 5.40. The lowest BCUT2D eigenvalue weighted by Crippen LogP contribution is -2.33. The Bertz CT molecular complexity index is 429. The Balaban J connectivity index is 1.95. The van der Waals surface area contributed by atoms with E-state index in [0.29, 0.717) is 5.92 Å². The van der Waals surface area contributed by atoms with E-state index >= 15 is 0 Å². The number of rotatable bonds is 9. The first-order valence-corrected chi connectivity index (χ1v) is 8.33. The largest absolute Gasteiger partial charge is 0.310 e. The fraction of sp³-hybridized carbons (Fsp3) is 0.667. The average Bonchev–Trinajstić information content (AvgIpc) is 3.26. The van der Waals surface area contributed by atoms with E-state index in [4.69, 9.17) is 0 Å². The van der Waals surface area contributed by atoms with Crippen LogP contribution in [0.15, 0.2) is 24.3 Å². The molecule has 2 rings (SSSR count). The molecule has 1 aliphatic rings. The Morgan fingerprint density at radius 1 is 1.33 bits per heavy atom. The minimum absolute atomic E-state index is 0.142. The summed E-state index contributed by atoms with van der Waals surface area (Å²) in [6.45, 7) is 9.85. The second-order valence-electron chi connectivity index (χ2n) is 6.57. The van der Waals surface area contributed by atoms with Gasteiger partial charge in [0.15, 0.2) is 0 Å². The van der Waals surface area contributed by atoms with Crippen molar-refractivity contribution in [3.63, 3.8) is 0 Å². The number of benzene rings is 1. The van der Waals surface area contributed by atoms with E-state index in [1.165, 1.54) is 25.5 Å². The summed E-state index contributed by atoms with van der Waals surface area (Å²) in [5.41, 5.74) is 1.07. The van der Waals surface area contributed by atoms with Gasteiger partial charge in [-0.25, -0.2) is 4.39 Å². The summed E-state index contributed by atoms with van der Waals surface area (Å²) in [4.78, 5) is 2.62. The number of hydrogen-bond donors (Lipinski definition) is 1. The summed E-state index contributed by atoms with van der Waals surface area (Å²) in [5, 5.41) is 3.50. The molecule has 0 amide bonds. The molecule has 1 fully saturated rings. The van der Waals surface area contributed by atoms with Crippen molar-refractivity contribution in [2.75, 3.05) is 19.6 Å². The van der Waals surface area contributed by atoms with Crippen LogP contribution in [-0.2, 0) is 0 Å². The minimum Gasteiger partial charge on any atom is -0.310 e. The zero-order valence-electron chi connectivity index (χ0n) is 13.6. The first-order valence-electron chi connectivity index (χ1n) is 8.33. The Hall–Kier alpha value is -0.930. The lowest BCUT2D eigenvalue weighted by Gasteiger charge is -2.27. The van der Waals surface area contributed by atoms with Crippen molar-refractivity contribution < 1.29 is 4.39 Å². The summed E-state index contributed by atoms with van der Waals surface area (Å²) in [7, 11) is 0. The van der Waals surface area contributed by atoms with E-state index < -0.39 is 0 Å². The normalized spacial score (nSPS) is 16.7. The van der Waals surface area contributed by atoms with Gasteiger partial charge >= 0.3 is 0 Å². The Kier molecular flexibility index (Phi) is 6.19. The van der Waals surface area contributed by atoms with Crippen molar-refractivity contribution in [1.29, 1.82) is 0 Å². The Labute approximate surface area is 128 Å². The summed E-state index contributed by atoms with van der Waals surface area (Å²) in [6, 6.07) is 8.06. The van der Waals surface area contributed by atoms with E-state index in [2.05, 4.69) is 31.0 Å². The lowest BCUT2D eigenvalue weighted by molar-refractivity contribution is 0.221. The van der Waals surface area contributed by atoms with Crippen LogP contribution >= 0.6 is 0 Å². The Morgan fingerprint density at radius 2 is 2.10 bits per heavy atom. The molecule has 1 aromatic carbocycles. The topological polar surface area (TPSA) is 15.3 Å². The van der Waals surface area contributed by atoms with Crippen molar-refractivity contribution in [3.05, 3.63) is 35.6 Å². The molecule has 0 radical (unpaired) electrons. The predicted octanol–water partition coefficient (Wildman–Crippen LogP) is 3.99. The first-order chi connectivity index (χ1) is 10.1. The highest BCUT2D eigenvalue weighted by Gasteiger charge is 2.29. The van der Waals surface area contributed by atoms with Crippen molar-refractivity contribution in [2.45, 2.75) is 52.1 Å². The summed E-state index contributed by atoms with van der Waals surface area (Å²) in [5.74, 6) is 0.564. The monoisotopic (exact) mass is 292 g/mol. The number of halogens is 1. The molecule has 1 unspecified atom stereocenters. The van der Waals surface area contributed by atoms with Crippen LogP contribution in [0, 0.1) is 11.7 Å². The highest BCUT2D eigenvalue weighted by Crippen LogP contribution is 2.29. The summed E-state index contributed by atoms with van der Waals surface area (Å²) >= 11 is 0. The van der Waals surface area contributed by atoms with E-state index in [9.17, 15) is 4.39 Å². The second-order valence-corrected chi connectivity index (χ2v) is 6.57. The minimum atomic E-state index is -0.142. The van der Waals surface area contributed by atoms with Gasteiger partial charge in [-0.3, -0.25) is 0 Å². The number of nitrogens with zero attached hydrogens (tertiary/aromatic N) is 1. The molecule has 0 spiro atoms. The van der Waals surface area contributed by atoms with Crippen LogP contribution in [-0.4, -0.2) is 30.6 Å². The fourth-order valence-corrected chi connectivity index (χ4v) is 2.98. The van der Waals surface area contributed by atoms with E-state index in [-0.39, 0.29) is 11.9 Å². The molecule has 118 valence electrons. The SMILES string of the molecule is CCNC(CCN(CC(C)C)C1CC1)c1cccc(F)c1. The molecule has 1 atom stereocenters. The average molecular weight is 292 g/mol. The highest BCUT2D eigenvalue weighted by atomic mass is 19.1. The summed E-state index contributed by atoms with van der Waals surface area (Å²) in [6.07, 6.45) is 3.73. The highest BCUT2D eigenvalue weighted by molar-refractivity contribution is 5.20.